The van der Waals surface area contributed by atoms with E-state index in [4.69, 9.17) is 5.11 Å². The molecule has 0 aliphatic carbocycles. The molecule has 1 unspecified atom stereocenters. The van der Waals surface area contributed by atoms with Crippen LogP contribution in [0.3, 0.4) is 0 Å². The first-order valence-corrected chi connectivity index (χ1v) is 9.85. The molecule has 1 aliphatic rings. The first kappa shape index (κ1) is 17.4. The predicted molar refractivity (Wildman–Crippen MR) is 74.7 cm³/mol. The Bertz CT molecular complexity index is 539. The molecular weight excluding hydrogens is 306 g/mol. The van der Waals surface area contributed by atoms with Crippen LogP contribution in [0.5, 0.6) is 0 Å². The van der Waals surface area contributed by atoms with Crippen LogP contribution in [0.25, 0.3) is 0 Å². The molecule has 1 N–H and O–H groups in total. The molecule has 1 atom stereocenters. The number of sulfonamides is 1. The molecule has 0 spiro atoms. The number of carboxylic acid groups (broad SMARTS) is 1. The summed E-state index contributed by atoms with van der Waals surface area (Å²) >= 11 is 0. The highest BCUT2D eigenvalue weighted by atomic mass is 32.2. The Balaban J connectivity index is 2.96. The summed E-state index contributed by atoms with van der Waals surface area (Å²) in [5, 5.41) is 8.06. The lowest BCUT2D eigenvalue weighted by Gasteiger charge is -2.32. The molecule has 1 aliphatic heterocycles. The Morgan fingerprint density at radius 2 is 1.85 bits per heavy atom. The largest absolute Gasteiger partial charge is 0.480 e. The second-order valence-electron chi connectivity index (χ2n) is 5.09. The number of rotatable bonds is 6. The molecular formula is C11H21NO6S2. The Morgan fingerprint density at radius 1 is 1.35 bits per heavy atom. The molecule has 0 bridgehead atoms. The summed E-state index contributed by atoms with van der Waals surface area (Å²) in [6.07, 6.45) is 0.575. The number of hydrogen-bond acceptors (Lipinski definition) is 5. The van der Waals surface area contributed by atoms with Crippen molar-refractivity contribution < 1.29 is 26.7 Å². The van der Waals surface area contributed by atoms with Crippen LogP contribution in [0, 0.1) is 0 Å². The van der Waals surface area contributed by atoms with Crippen molar-refractivity contribution in [3.05, 3.63) is 0 Å². The number of hydrogen-bond donors (Lipinski definition) is 1. The van der Waals surface area contributed by atoms with E-state index in [1.807, 2.05) is 0 Å². The van der Waals surface area contributed by atoms with Crippen LogP contribution >= 0.6 is 0 Å². The van der Waals surface area contributed by atoms with Crippen LogP contribution < -0.4 is 0 Å². The third-order valence-electron chi connectivity index (χ3n) is 3.62. The third-order valence-corrected chi connectivity index (χ3v) is 7.80. The van der Waals surface area contributed by atoms with Crippen molar-refractivity contribution >= 4 is 25.8 Å². The number of carbonyl (C=O) groups is 1. The van der Waals surface area contributed by atoms with Gasteiger partial charge < -0.3 is 5.11 Å². The zero-order chi connectivity index (χ0) is 15.6. The normalized spacial score (nSPS) is 21.8. The summed E-state index contributed by atoms with van der Waals surface area (Å²) in [7, 11) is -6.94. The average Bonchev–Trinajstić information content (AvgIpc) is 2.34. The van der Waals surface area contributed by atoms with Gasteiger partial charge in [-0.05, 0) is 26.2 Å². The van der Waals surface area contributed by atoms with Crippen molar-refractivity contribution in [1.29, 1.82) is 0 Å². The molecule has 1 rings (SSSR count). The fourth-order valence-corrected chi connectivity index (χ4v) is 6.14. The number of aliphatic carboxylic acids is 1. The van der Waals surface area contributed by atoms with Crippen LogP contribution in [0.2, 0.25) is 0 Å². The van der Waals surface area contributed by atoms with E-state index < -0.39 is 43.7 Å². The van der Waals surface area contributed by atoms with E-state index in [0.717, 1.165) is 4.31 Å². The molecule has 7 nitrogen and oxygen atoms in total. The maximum Gasteiger partial charge on any atom is 0.318 e. The number of nitrogens with zero attached hydrogens (tertiary/aromatic N) is 1. The lowest BCUT2D eigenvalue weighted by atomic mass is 10.2. The predicted octanol–water partition coefficient (Wildman–Crippen LogP) is 0.0785. The fraction of sp³-hybridized carbons (Fsp3) is 0.909. The molecule has 1 fully saturated rings. The van der Waals surface area contributed by atoms with E-state index in [9.17, 15) is 21.6 Å². The summed E-state index contributed by atoms with van der Waals surface area (Å²) in [4.78, 5) is 10.9. The highest BCUT2D eigenvalue weighted by molar-refractivity contribution is 7.92. The molecule has 9 heteroatoms. The molecule has 0 saturated carbocycles. The van der Waals surface area contributed by atoms with Crippen LogP contribution in [-0.4, -0.2) is 61.6 Å². The second-order valence-corrected chi connectivity index (χ2v) is 9.56. The molecule has 0 radical (unpaired) electrons. The van der Waals surface area contributed by atoms with Crippen LogP contribution in [0.4, 0.5) is 0 Å². The fourth-order valence-electron chi connectivity index (χ4n) is 2.19. The standard InChI is InChI=1S/C11H21NO6S2/c1-3-9(2)12(8-11(13)14)20(17,18)10-4-6-19(15,16)7-5-10/h9-10H,3-8H2,1-2H3,(H,13,14). The smallest absolute Gasteiger partial charge is 0.318 e. The maximum absolute atomic E-state index is 12.5. The summed E-state index contributed by atoms with van der Waals surface area (Å²) in [6, 6.07) is -0.422. The molecule has 1 heterocycles. The van der Waals surface area contributed by atoms with Gasteiger partial charge in [0.05, 0.1) is 16.8 Å². The van der Waals surface area contributed by atoms with Gasteiger partial charge >= 0.3 is 5.97 Å². The summed E-state index contributed by atoms with van der Waals surface area (Å²) in [5.74, 6) is -1.52. The van der Waals surface area contributed by atoms with Crippen molar-refractivity contribution in [2.24, 2.45) is 0 Å². The van der Waals surface area contributed by atoms with E-state index in [2.05, 4.69) is 0 Å². The molecule has 20 heavy (non-hydrogen) atoms. The van der Waals surface area contributed by atoms with Gasteiger partial charge in [-0.1, -0.05) is 6.92 Å². The van der Waals surface area contributed by atoms with E-state index in [0.29, 0.717) is 6.42 Å². The van der Waals surface area contributed by atoms with E-state index in [1.54, 1.807) is 13.8 Å². The van der Waals surface area contributed by atoms with Gasteiger partial charge in [-0.15, -0.1) is 0 Å². The summed E-state index contributed by atoms with van der Waals surface area (Å²) in [6.45, 7) is 2.85. The minimum Gasteiger partial charge on any atom is -0.480 e. The topological polar surface area (TPSA) is 109 Å². The van der Waals surface area contributed by atoms with E-state index in [-0.39, 0.29) is 24.3 Å². The maximum atomic E-state index is 12.5. The molecule has 1 saturated heterocycles. The molecule has 118 valence electrons. The number of carboxylic acids is 1. The van der Waals surface area contributed by atoms with Gasteiger partial charge in [0, 0.05) is 6.04 Å². The van der Waals surface area contributed by atoms with Gasteiger partial charge in [0.2, 0.25) is 10.0 Å². The third kappa shape index (κ3) is 4.16. The highest BCUT2D eigenvalue weighted by Crippen LogP contribution is 2.24. The van der Waals surface area contributed by atoms with Gasteiger partial charge in [-0.3, -0.25) is 4.79 Å². The van der Waals surface area contributed by atoms with Crippen LogP contribution in [-0.2, 0) is 24.7 Å². The van der Waals surface area contributed by atoms with Gasteiger partial charge in [0.1, 0.15) is 16.4 Å². The minimum atomic E-state index is -3.79. The zero-order valence-corrected chi connectivity index (χ0v) is 13.3. The molecule has 0 aromatic carbocycles. The minimum absolute atomic E-state index is 0.0389. The van der Waals surface area contributed by atoms with Crippen molar-refractivity contribution in [2.75, 3.05) is 18.1 Å². The van der Waals surface area contributed by atoms with Crippen LogP contribution in [0.15, 0.2) is 0 Å². The zero-order valence-electron chi connectivity index (χ0n) is 11.6. The van der Waals surface area contributed by atoms with Crippen molar-refractivity contribution in [1.82, 2.24) is 4.31 Å². The summed E-state index contributed by atoms with van der Waals surface area (Å²) in [5.41, 5.74) is 0. The van der Waals surface area contributed by atoms with Gasteiger partial charge in [0.15, 0.2) is 0 Å². The number of sulfone groups is 1. The Hall–Kier alpha value is -0.670. The molecule has 0 aromatic heterocycles. The Labute approximate surface area is 119 Å². The lowest BCUT2D eigenvalue weighted by Crippen LogP contribution is -2.48. The monoisotopic (exact) mass is 327 g/mol. The average molecular weight is 327 g/mol. The van der Waals surface area contributed by atoms with Crippen LogP contribution in [0.1, 0.15) is 33.1 Å². The second kappa shape index (κ2) is 6.40. The van der Waals surface area contributed by atoms with E-state index in [1.165, 1.54) is 0 Å². The SMILES string of the molecule is CCC(C)N(CC(=O)O)S(=O)(=O)C1CCS(=O)(=O)CC1. The van der Waals surface area contributed by atoms with Gasteiger partial charge in [-0.25, -0.2) is 16.8 Å². The Morgan fingerprint density at radius 3 is 2.25 bits per heavy atom. The van der Waals surface area contributed by atoms with Gasteiger partial charge in [-0.2, -0.15) is 4.31 Å². The first-order valence-electron chi connectivity index (χ1n) is 6.53. The van der Waals surface area contributed by atoms with Crippen molar-refractivity contribution in [3.63, 3.8) is 0 Å². The summed E-state index contributed by atoms with van der Waals surface area (Å²) < 4.78 is 48.7. The molecule has 0 aromatic rings. The van der Waals surface area contributed by atoms with E-state index >= 15 is 0 Å². The Kier molecular flexibility index (Phi) is 5.56. The van der Waals surface area contributed by atoms with Crippen molar-refractivity contribution in [3.8, 4) is 0 Å². The molecule has 0 amide bonds. The first-order chi connectivity index (χ1) is 9.10. The lowest BCUT2D eigenvalue weighted by molar-refractivity contribution is -0.137. The quantitative estimate of drug-likeness (QED) is 0.740. The van der Waals surface area contributed by atoms with Gasteiger partial charge in [0.25, 0.3) is 0 Å². The van der Waals surface area contributed by atoms with Crippen molar-refractivity contribution in [2.45, 2.75) is 44.4 Å². The highest BCUT2D eigenvalue weighted by Gasteiger charge is 2.39.